The fourth-order valence-electron chi connectivity index (χ4n) is 4.73. The van der Waals surface area contributed by atoms with Gasteiger partial charge in [0.1, 0.15) is 0 Å². The Morgan fingerprint density at radius 1 is 0.963 bits per heavy atom. The lowest BCUT2D eigenvalue weighted by molar-refractivity contribution is 0.313. The van der Waals surface area contributed by atoms with Gasteiger partial charge in [0.05, 0.1) is 11.6 Å². The van der Waals surface area contributed by atoms with E-state index in [2.05, 4.69) is 61.3 Å². The molecule has 1 heterocycles. The van der Waals surface area contributed by atoms with Gasteiger partial charge < -0.3 is 4.90 Å². The summed E-state index contributed by atoms with van der Waals surface area (Å²) < 4.78 is 0. The third-order valence-electron chi connectivity index (χ3n) is 6.39. The van der Waals surface area contributed by atoms with E-state index in [0.717, 1.165) is 12.1 Å². The maximum atomic E-state index is 9.15. The molecule has 2 heteroatoms. The smallest absolute Gasteiger partial charge is 0.0991 e. The first-order valence-corrected chi connectivity index (χ1v) is 9.87. The molecule has 0 amide bonds. The van der Waals surface area contributed by atoms with Gasteiger partial charge in [-0.15, -0.1) is 0 Å². The lowest BCUT2D eigenvalue weighted by Gasteiger charge is -2.25. The molecule has 2 nitrogen and oxygen atoms in total. The van der Waals surface area contributed by atoms with Crippen LogP contribution in [0.25, 0.3) is 10.8 Å². The molecule has 134 valence electrons. The molecule has 1 aliphatic heterocycles. The first-order chi connectivity index (χ1) is 13.1. The van der Waals surface area contributed by atoms with Crippen molar-refractivity contribution in [2.24, 2.45) is 0 Å². The van der Waals surface area contributed by atoms with Crippen LogP contribution in [0.2, 0.25) is 0 Å². The first-order valence-electron chi connectivity index (χ1n) is 9.87. The molecule has 2 aliphatic rings. The van der Waals surface area contributed by atoms with Crippen molar-refractivity contribution < 1.29 is 0 Å². The minimum atomic E-state index is 0.632. The van der Waals surface area contributed by atoms with Gasteiger partial charge in [-0.05, 0) is 89.4 Å². The van der Waals surface area contributed by atoms with Crippen LogP contribution < -0.4 is 0 Å². The standard InChI is InChI=1S/C25H24N2/c1-16-9-22(12-19-4-3-17(14-26)10-23(16)19)25-13-24(25)20-5-6-21-15-27(2)8-7-18(21)11-20/h3-6,9-12,24-25H,7-8,13,15H2,1-2H3. The molecule has 3 aromatic rings. The van der Waals surface area contributed by atoms with Gasteiger partial charge in [-0.3, -0.25) is 0 Å². The Balaban J connectivity index is 1.44. The third-order valence-corrected chi connectivity index (χ3v) is 6.39. The Morgan fingerprint density at radius 3 is 2.67 bits per heavy atom. The Kier molecular flexibility index (Phi) is 3.81. The Morgan fingerprint density at radius 2 is 1.81 bits per heavy atom. The van der Waals surface area contributed by atoms with E-state index >= 15 is 0 Å². The van der Waals surface area contributed by atoms with Crippen molar-refractivity contribution in [1.82, 2.24) is 4.90 Å². The molecule has 2 atom stereocenters. The zero-order valence-electron chi connectivity index (χ0n) is 16.0. The predicted octanol–water partition coefficient (Wildman–Crippen LogP) is 5.28. The van der Waals surface area contributed by atoms with Crippen LogP contribution in [-0.4, -0.2) is 18.5 Å². The summed E-state index contributed by atoms with van der Waals surface area (Å²) in [4.78, 5) is 2.40. The van der Waals surface area contributed by atoms with E-state index in [0.29, 0.717) is 11.8 Å². The zero-order valence-corrected chi connectivity index (χ0v) is 16.0. The average molecular weight is 352 g/mol. The molecule has 0 bridgehead atoms. The molecule has 5 rings (SSSR count). The highest BCUT2D eigenvalue weighted by atomic mass is 15.1. The maximum absolute atomic E-state index is 9.15. The molecule has 2 unspecified atom stereocenters. The largest absolute Gasteiger partial charge is 0.302 e. The molecule has 1 fully saturated rings. The fraction of sp³-hybridized carbons (Fsp3) is 0.320. The SMILES string of the molecule is Cc1cc(C2CC2c2ccc3c(c2)CCN(C)C3)cc2ccc(C#N)cc12. The molecule has 3 aromatic carbocycles. The fourth-order valence-corrected chi connectivity index (χ4v) is 4.73. The minimum absolute atomic E-state index is 0.632. The highest BCUT2D eigenvalue weighted by Gasteiger charge is 2.40. The van der Waals surface area contributed by atoms with Crippen molar-refractivity contribution in [3.63, 3.8) is 0 Å². The van der Waals surface area contributed by atoms with Gasteiger partial charge >= 0.3 is 0 Å². The number of nitriles is 1. The first kappa shape index (κ1) is 16.5. The number of benzene rings is 3. The maximum Gasteiger partial charge on any atom is 0.0991 e. The second kappa shape index (κ2) is 6.22. The van der Waals surface area contributed by atoms with Gasteiger partial charge in [-0.2, -0.15) is 5.26 Å². The quantitative estimate of drug-likeness (QED) is 0.627. The van der Waals surface area contributed by atoms with Crippen molar-refractivity contribution in [1.29, 1.82) is 5.26 Å². The zero-order chi connectivity index (χ0) is 18.5. The molecule has 1 aliphatic carbocycles. The highest BCUT2D eigenvalue weighted by molar-refractivity contribution is 5.87. The molecule has 27 heavy (non-hydrogen) atoms. The lowest BCUT2D eigenvalue weighted by atomic mass is 9.94. The second-order valence-corrected chi connectivity index (χ2v) is 8.35. The van der Waals surface area contributed by atoms with Crippen LogP contribution in [0.3, 0.4) is 0 Å². The number of rotatable bonds is 2. The van der Waals surface area contributed by atoms with E-state index in [1.54, 1.807) is 5.56 Å². The van der Waals surface area contributed by atoms with Crippen molar-refractivity contribution in [2.45, 2.75) is 38.1 Å². The van der Waals surface area contributed by atoms with Crippen molar-refractivity contribution in [2.75, 3.05) is 13.6 Å². The van der Waals surface area contributed by atoms with Gasteiger partial charge in [-0.25, -0.2) is 0 Å². The summed E-state index contributed by atoms with van der Waals surface area (Å²) in [5.74, 6) is 1.29. The molecule has 1 saturated carbocycles. The van der Waals surface area contributed by atoms with E-state index in [1.165, 1.54) is 52.4 Å². The Hall–Kier alpha value is -2.63. The van der Waals surface area contributed by atoms with Crippen molar-refractivity contribution >= 4 is 10.8 Å². The monoisotopic (exact) mass is 352 g/mol. The Bertz CT molecular complexity index is 1090. The van der Waals surface area contributed by atoms with Gasteiger partial charge in [-0.1, -0.05) is 36.4 Å². The van der Waals surface area contributed by atoms with E-state index < -0.39 is 0 Å². The molecule has 0 aromatic heterocycles. The molecule has 0 N–H and O–H groups in total. The van der Waals surface area contributed by atoms with Gasteiger partial charge in [0.15, 0.2) is 0 Å². The number of aryl methyl sites for hydroxylation is 1. The number of hydrogen-bond acceptors (Lipinski definition) is 2. The molecule has 0 radical (unpaired) electrons. The normalized spacial score (nSPS) is 21.7. The third kappa shape index (κ3) is 2.93. The topological polar surface area (TPSA) is 27.0 Å². The van der Waals surface area contributed by atoms with Crippen LogP contribution in [0.1, 0.15) is 51.6 Å². The Labute approximate surface area is 161 Å². The summed E-state index contributed by atoms with van der Waals surface area (Å²) in [6.07, 6.45) is 2.42. The van der Waals surface area contributed by atoms with Crippen LogP contribution in [0.15, 0.2) is 48.5 Å². The molecular weight excluding hydrogens is 328 g/mol. The van der Waals surface area contributed by atoms with E-state index in [4.69, 9.17) is 5.26 Å². The van der Waals surface area contributed by atoms with Gasteiger partial charge in [0.25, 0.3) is 0 Å². The van der Waals surface area contributed by atoms with Crippen LogP contribution in [0.5, 0.6) is 0 Å². The molecule has 0 spiro atoms. The minimum Gasteiger partial charge on any atom is -0.302 e. The van der Waals surface area contributed by atoms with Crippen molar-refractivity contribution in [3.05, 3.63) is 81.9 Å². The average Bonchev–Trinajstić information content (AvgIpc) is 3.48. The summed E-state index contributed by atoms with van der Waals surface area (Å²) in [7, 11) is 2.20. The molecular formula is C25H24N2. The number of likely N-dealkylation sites (N-methyl/N-ethyl adjacent to an activating group) is 1. The predicted molar refractivity (Wildman–Crippen MR) is 110 cm³/mol. The van der Waals surface area contributed by atoms with E-state index in [9.17, 15) is 0 Å². The summed E-state index contributed by atoms with van der Waals surface area (Å²) >= 11 is 0. The van der Waals surface area contributed by atoms with Gasteiger partial charge in [0, 0.05) is 13.1 Å². The van der Waals surface area contributed by atoms with E-state index in [-0.39, 0.29) is 0 Å². The second-order valence-electron chi connectivity index (χ2n) is 8.35. The highest BCUT2D eigenvalue weighted by Crippen LogP contribution is 2.55. The number of fused-ring (bicyclic) bond motifs is 2. The van der Waals surface area contributed by atoms with Crippen molar-refractivity contribution in [3.8, 4) is 6.07 Å². The number of hydrogen-bond donors (Lipinski definition) is 0. The van der Waals surface area contributed by atoms with Crippen LogP contribution >= 0.6 is 0 Å². The van der Waals surface area contributed by atoms with Crippen LogP contribution in [-0.2, 0) is 13.0 Å². The van der Waals surface area contributed by atoms with Crippen LogP contribution in [0, 0.1) is 18.3 Å². The summed E-state index contributed by atoms with van der Waals surface area (Å²) in [5, 5.41) is 11.6. The number of nitrogens with zero attached hydrogens (tertiary/aromatic N) is 2. The summed E-state index contributed by atoms with van der Waals surface area (Å²) in [6, 6.07) is 20.1. The van der Waals surface area contributed by atoms with Crippen LogP contribution in [0.4, 0.5) is 0 Å². The summed E-state index contributed by atoms with van der Waals surface area (Å²) in [6.45, 7) is 4.41. The summed E-state index contributed by atoms with van der Waals surface area (Å²) in [5.41, 5.74) is 8.03. The lowest BCUT2D eigenvalue weighted by Crippen LogP contribution is -2.26. The van der Waals surface area contributed by atoms with E-state index in [1.807, 2.05) is 12.1 Å². The van der Waals surface area contributed by atoms with Gasteiger partial charge in [0.2, 0.25) is 0 Å². The molecule has 0 saturated heterocycles.